The molecule has 0 radical (unpaired) electrons. The molecule has 0 spiro atoms. The van der Waals surface area contributed by atoms with Crippen LogP contribution < -0.4 is 15.8 Å². The number of rotatable bonds is 3. The second-order valence-corrected chi connectivity index (χ2v) is 8.96. The van der Waals surface area contributed by atoms with E-state index in [2.05, 4.69) is 10.0 Å². The first kappa shape index (κ1) is 18.0. The molecule has 2 aromatic carbocycles. The van der Waals surface area contributed by atoms with Gasteiger partial charge >= 0.3 is 0 Å². The quantitative estimate of drug-likeness (QED) is 0.707. The van der Waals surface area contributed by atoms with Crippen LogP contribution in [0.25, 0.3) is 0 Å². The van der Waals surface area contributed by atoms with E-state index in [9.17, 15) is 13.2 Å². The summed E-state index contributed by atoms with van der Waals surface area (Å²) >= 11 is 0. The Kier molecular flexibility index (Phi) is 4.65. The highest BCUT2D eigenvalue weighted by Crippen LogP contribution is 2.33. The van der Waals surface area contributed by atoms with Crippen molar-refractivity contribution in [2.75, 3.05) is 11.1 Å². The Balaban J connectivity index is 1.62. The van der Waals surface area contributed by atoms with Crippen LogP contribution in [0.5, 0.6) is 0 Å². The van der Waals surface area contributed by atoms with Gasteiger partial charge in [-0.2, -0.15) is 0 Å². The zero-order valence-corrected chi connectivity index (χ0v) is 15.8. The molecule has 4 N–H and O–H groups in total. The summed E-state index contributed by atoms with van der Waals surface area (Å²) in [5.41, 5.74) is 10.2. The topological polar surface area (TPSA) is 101 Å². The van der Waals surface area contributed by atoms with Crippen molar-refractivity contribution in [3.8, 4) is 0 Å². The van der Waals surface area contributed by atoms with Crippen LogP contribution in [0.2, 0.25) is 0 Å². The fraction of sp³-hybridized carbons (Fsp3) is 0.350. The van der Waals surface area contributed by atoms with Crippen LogP contribution in [0.4, 0.5) is 11.4 Å². The first-order valence-corrected chi connectivity index (χ1v) is 10.7. The van der Waals surface area contributed by atoms with Crippen molar-refractivity contribution in [2.24, 2.45) is 0 Å². The molecule has 4 rings (SSSR count). The predicted octanol–water partition coefficient (Wildman–Crippen LogP) is 2.90. The van der Waals surface area contributed by atoms with Crippen molar-refractivity contribution in [3.05, 3.63) is 53.1 Å². The van der Waals surface area contributed by atoms with Crippen molar-refractivity contribution in [1.82, 2.24) is 4.72 Å². The molecule has 1 amide bonds. The summed E-state index contributed by atoms with van der Waals surface area (Å²) in [7, 11) is -3.67. The van der Waals surface area contributed by atoms with E-state index in [1.165, 1.54) is 0 Å². The Hall–Kier alpha value is -2.38. The van der Waals surface area contributed by atoms with Crippen molar-refractivity contribution >= 4 is 27.3 Å². The monoisotopic (exact) mass is 385 g/mol. The van der Waals surface area contributed by atoms with E-state index in [0.717, 1.165) is 36.0 Å². The second kappa shape index (κ2) is 6.98. The first-order chi connectivity index (χ1) is 12.9. The van der Waals surface area contributed by atoms with Crippen molar-refractivity contribution < 1.29 is 13.2 Å². The molecule has 0 saturated heterocycles. The van der Waals surface area contributed by atoms with Gasteiger partial charge in [-0.25, -0.2) is 13.1 Å². The summed E-state index contributed by atoms with van der Waals surface area (Å²) in [5, 5.41) is 2.83. The molecule has 27 heavy (non-hydrogen) atoms. The minimum absolute atomic E-state index is 0.0273. The Morgan fingerprint density at radius 3 is 2.67 bits per heavy atom. The Morgan fingerprint density at radius 2 is 1.81 bits per heavy atom. The third-order valence-electron chi connectivity index (χ3n) is 5.29. The molecular formula is C20H23N3O3S. The van der Waals surface area contributed by atoms with Gasteiger partial charge in [0.15, 0.2) is 0 Å². The maximum Gasteiger partial charge on any atom is 0.241 e. The third kappa shape index (κ3) is 3.70. The van der Waals surface area contributed by atoms with E-state index in [-0.39, 0.29) is 16.8 Å². The first-order valence-electron chi connectivity index (χ1n) is 9.26. The fourth-order valence-electron chi connectivity index (χ4n) is 3.93. The molecular weight excluding hydrogens is 362 g/mol. The van der Waals surface area contributed by atoms with Gasteiger partial charge in [0, 0.05) is 23.8 Å². The van der Waals surface area contributed by atoms with Crippen molar-refractivity contribution in [1.29, 1.82) is 0 Å². The van der Waals surface area contributed by atoms with E-state index in [1.54, 1.807) is 18.2 Å². The molecule has 2 aliphatic rings. The molecule has 7 heteroatoms. The van der Waals surface area contributed by atoms with Crippen LogP contribution in [0.15, 0.2) is 41.3 Å². The maximum atomic E-state index is 13.0. The molecule has 1 atom stereocenters. The Bertz CT molecular complexity index is 1000. The van der Waals surface area contributed by atoms with Crippen molar-refractivity contribution in [3.63, 3.8) is 0 Å². The summed E-state index contributed by atoms with van der Waals surface area (Å²) in [6.45, 7) is 0. The highest BCUT2D eigenvalue weighted by atomic mass is 32.2. The zero-order valence-electron chi connectivity index (χ0n) is 15.0. The standard InChI is InChI=1S/C20H23N3O3S/c21-15-7-9-17-13(11-15)3-1-5-19(17)23-27(25,26)16-8-10-18-14(12-16)4-2-6-20(24)22-18/h7-12,19,23H,1-6,21H2,(H,22,24). The molecule has 1 aliphatic heterocycles. The van der Waals surface area contributed by atoms with Gasteiger partial charge in [0.05, 0.1) is 4.90 Å². The SMILES string of the molecule is Nc1ccc2c(c1)CCCC2NS(=O)(=O)c1ccc2c(c1)CCCC(=O)N2. The third-order valence-corrected chi connectivity index (χ3v) is 6.76. The van der Waals surface area contributed by atoms with Crippen LogP contribution in [0, 0.1) is 0 Å². The number of nitrogens with two attached hydrogens (primary N) is 1. The number of fused-ring (bicyclic) bond motifs is 2. The molecule has 2 aromatic rings. The molecule has 6 nitrogen and oxygen atoms in total. The molecule has 1 heterocycles. The second-order valence-electron chi connectivity index (χ2n) is 7.25. The number of carbonyl (C=O) groups is 1. The van der Waals surface area contributed by atoms with Crippen LogP contribution in [0.1, 0.15) is 48.4 Å². The number of hydrogen-bond acceptors (Lipinski definition) is 4. The number of aryl methyl sites for hydroxylation is 2. The van der Waals surface area contributed by atoms with E-state index in [0.29, 0.717) is 30.6 Å². The maximum absolute atomic E-state index is 13.0. The normalized spacial score (nSPS) is 19.6. The summed E-state index contributed by atoms with van der Waals surface area (Å²) in [5.74, 6) is -0.0273. The summed E-state index contributed by atoms with van der Waals surface area (Å²) in [4.78, 5) is 11.9. The lowest BCUT2D eigenvalue weighted by Crippen LogP contribution is -2.31. The largest absolute Gasteiger partial charge is 0.399 e. The van der Waals surface area contributed by atoms with Gasteiger partial charge in [0.25, 0.3) is 0 Å². The Labute approximate surface area is 159 Å². The minimum atomic E-state index is -3.67. The summed E-state index contributed by atoms with van der Waals surface area (Å²) in [6.07, 6.45) is 4.45. The van der Waals surface area contributed by atoms with Gasteiger partial charge in [0.2, 0.25) is 15.9 Å². The number of benzene rings is 2. The number of anilines is 2. The molecule has 0 bridgehead atoms. The molecule has 0 aromatic heterocycles. The average Bonchev–Trinajstić information content (AvgIpc) is 2.81. The highest BCUT2D eigenvalue weighted by Gasteiger charge is 2.26. The lowest BCUT2D eigenvalue weighted by Gasteiger charge is -2.26. The average molecular weight is 385 g/mol. The van der Waals surface area contributed by atoms with E-state index >= 15 is 0 Å². The molecule has 142 valence electrons. The highest BCUT2D eigenvalue weighted by molar-refractivity contribution is 7.89. The number of hydrogen-bond donors (Lipinski definition) is 3. The molecule has 1 aliphatic carbocycles. The van der Waals surface area contributed by atoms with E-state index in [4.69, 9.17) is 5.73 Å². The number of carbonyl (C=O) groups excluding carboxylic acids is 1. The van der Waals surface area contributed by atoms with E-state index < -0.39 is 10.0 Å². The molecule has 0 saturated carbocycles. The number of nitrogen functional groups attached to an aromatic ring is 1. The van der Waals surface area contributed by atoms with Gasteiger partial charge < -0.3 is 11.1 Å². The van der Waals surface area contributed by atoms with Crippen LogP contribution in [0.3, 0.4) is 0 Å². The smallest absolute Gasteiger partial charge is 0.241 e. The van der Waals surface area contributed by atoms with Gasteiger partial charge in [-0.3, -0.25) is 4.79 Å². The lowest BCUT2D eigenvalue weighted by atomic mass is 9.88. The molecule has 1 unspecified atom stereocenters. The van der Waals surface area contributed by atoms with Gasteiger partial charge in [-0.1, -0.05) is 6.07 Å². The number of sulfonamides is 1. The lowest BCUT2D eigenvalue weighted by molar-refractivity contribution is -0.116. The summed E-state index contributed by atoms with van der Waals surface area (Å²) in [6, 6.07) is 10.3. The number of nitrogens with one attached hydrogen (secondary N) is 2. The van der Waals surface area contributed by atoms with Crippen molar-refractivity contribution in [2.45, 2.75) is 49.5 Å². The van der Waals surface area contributed by atoms with Gasteiger partial charge in [-0.15, -0.1) is 0 Å². The fourth-order valence-corrected chi connectivity index (χ4v) is 5.23. The molecule has 0 fully saturated rings. The van der Waals surface area contributed by atoms with Crippen LogP contribution in [-0.4, -0.2) is 14.3 Å². The minimum Gasteiger partial charge on any atom is -0.399 e. The zero-order chi connectivity index (χ0) is 19.0. The van der Waals surface area contributed by atoms with Crippen LogP contribution >= 0.6 is 0 Å². The Morgan fingerprint density at radius 1 is 1.00 bits per heavy atom. The van der Waals surface area contributed by atoms with Crippen LogP contribution in [-0.2, 0) is 27.7 Å². The van der Waals surface area contributed by atoms with Gasteiger partial charge in [-0.05, 0) is 79.1 Å². The number of amides is 1. The van der Waals surface area contributed by atoms with Gasteiger partial charge in [0.1, 0.15) is 0 Å². The van der Waals surface area contributed by atoms with E-state index in [1.807, 2.05) is 18.2 Å². The summed E-state index contributed by atoms with van der Waals surface area (Å²) < 4.78 is 28.8. The predicted molar refractivity (Wildman–Crippen MR) is 105 cm³/mol.